The molecule has 1 aromatic heterocycles. The van der Waals surface area contributed by atoms with Crippen LogP contribution in [0.5, 0.6) is 0 Å². The van der Waals surface area contributed by atoms with Crippen molar-refractivity contribution in [3.63, 3.8) is 0 Å². The highest BCUT2D eigenvalue weighted by atomic mass is 32.2. The Kier molecular flexibility index (Phi) is 4.11. The van der Waals surface area contributed by atoms with Crippen molar-refractivity contribution in [1.29, 1.82) is 0 Å². The van der Waals surface area contributed by atoms with E-state index in [1.54, 1.807) is 18.3 Å². The summed E-state index contributed by atoms with van der Waals surface area (Å²) in [5.41, 5.74) is 1.32. The van der Waals surface area contributed by atoms with Gasteiger partial charge in [0.15, 0.2) is 0 Å². The molecule has 1 aliphatic rings. The number of hydrogen-bond donors (Lipinski definition) is 1. The number of benzene rings is 1. The molecule has 1 N–H and O–H groups in total. The van der Waals surface area contributed by atoms with Crippen LogP contribution in [0.3, 0.4) is 0 Å². The maximum Gasteiger partial charge on any atom is 0.327 e. The van der Waals surface area contributed by atoms with Gasteiger partial charge in [-0.15, -0.1) is 11.8 Å². The summed E-state index contributed by atoms with van der Waals surface area (Å²) in [6, 6.07) is 12.0. The van der Waals surface area contributed by atoms with Gasteiger partial charge in [0.05, 0.1) is 5.56 Å². The smallest absolute Gasteiger partial charge is 0.327 e. The van der Waals surface area contributed by atoms with Crippen LogP contribution in [0.2, 0.25) is 0 Å². The van der Waals surface area contributed by atoms with Crippen molar-refractivity contribution < 1.29 is 14.7 Å². The van der Waals surface area contributed by atoms with E-state index in [-0.39, 0.29) is 11.3 Å². The van der Waals surface area contributed by atoms with E-state index in [1.807, 2.05) is 30.3 Å². The monoisotopic (exact) mass is 314 g/mol. The van der Waals surface area contributed by atoms with Crippen LogP contribution < -0.4 is 0 Å². The fourth-order valence-corrected chi connectivity index (χ4v) is 3.88. The lowest BCUT2D eigenvalue weighted by atomic mass is 10.1. The van der Waals surface area contributed by atoms with Crippen molar-refractivity contribution in [2.24, 2.45) is 0 Å². The first-order valence-corrected chi connectivity index (χ1v) is 7.85. The molecular weight excluding hydrogens is 300 g/mol. The molecule has 3 rings (SSSR count). The molecule has 1 fully saturated rings. The zero-order valence-electron chi connectivity index (χ0n) is 11.6. The summed E-state index contributed by atoms with van der Waals surface area (Å²) in [5.74, 6) is -0.913. The van der Waals surface area contributed by atoms with Crippen LogP contribution in [-0.4, -0.2) is 38.7 Å². The van der Waals surface area contributed by atoms with E-state index < -0.39 is 12.0 Å². The Hall–Kier alpha value is -2.34. The Morgan fingerprint density at radius 2 is 1.95 bits per heavy atom. The number of carbonyl (C=O) groups is 2. The molecule has 2 atom stereocenters. The quantitative estimate of drug-likeness (QED) is 0.942. The van der Waals surface area contributed by atoms with Crippen LogP contribution in [0, 0.1) is 0 Å². The van der Waals surface area contributed by atoms with E-state index >= 15 is 0 Å². The van der Waals surface area contributed by atoms with Crippen LogP contribution in [0.15, 0.2) is 54.9 Å². The molecule has 2 heterocycles. The number of thioether (sulfide) groups is 1. The van der Waals surface area contributed by atoms with Gasteiger partial charge in [0, 0.05) is 18.1 Å². The second-order valence-electron chi connectivity index (χ2n) is 4.90. The maximum atomic E-state index is 12.8. The number of rotatable bonds is 3. The number of pyridine rings is 1. The largest absolute Gasteiger partial charge is 0.480 e. The Labute approximate surface area is 132 Å². The number of carbonyl (C=O) groups excluding carboxylic acids is 1. The summed E-state index contributed by atoms with van der Waals surface area (Å²) in [6.45, 7) is 0. The Balaban J connectivity index is 1.98. The van der Waals surface area contributed by atoms with Gasteiger partial charge in [0.2, 0.25) is 0 Å². The van der Waals surface area contributed by atoms with Crippen molar-refractivity contribution in [2.45, 2.75) is 11.4 Å². The Bertz CT molecular complexity index is 678. The average Bonchev–Trinajstić information content (AvgIpc) is 3.01. The molecule has 0 radical (unpaired) electrons. The summed E-state index contributed by atoms with van der Waals surface area (Å²) >= 11 is 1.47. The number of nitrogens with zero attached hydrogens (tertiary/aromatic N) is 2. The third-order valence-electron chi connectivity index (χ3n) is 3.51. The summed E-state index contributed by atoms with van der Waals surface area (Å²) in [4.78, 5) is 29.6. The van der Waals surface area contributed by atoms with E-state index in [0.29, 0.717) is 11.3 Å². The molecule has 1 aliphatic heterocycles. The lowest BCUT2D eigenvalue weighted by Crippen LogP contribution is -2.43. The molecule has 5 nitrogen and oxygen atoms in total. The van der Waals surface area contributed by atoms with Crippen LogP contribution in [0.1, 0.15) is 21.3 Å². The van der Waals surface area contributed by atoms with E-state index in [1.165, 1.54) is 22.9 Å². The van der Waals surface area contributed by atoms with Gasteiger partial charge in [-0.1, -0.05) is 30.3 Å². The molecule has 1 saturated heterocycles. The molecule has 112 valence electrons. The molecule has 0 spiro atoms. The molecule has 0 bridgehead atoms. The van der Waals surface area contributed by atoms with Gasteiger partial charge in [-0.2, -0.15) is 0 Å². The zero-order valence-corrected chi connectivity index (χ0v) is 12.4. The topological polar surface area (TPSA) is 70.5 Å². The zero-order chi connectivity index (χ0) is 15.5. The molecule has 2 unspecified atom stereocenters. The Morgan fingerprint density at radius 1 is 1.18 bits per heavy atom. The second kappa shape index (κ2) is 6.19. The minimum Gasteiger partial charge on any atom is -0.480 e. The number of aromatic nitrogens is 1. The minimum absolute atomic E-state index is 0.296. The highest BCUT2D eigenvalue weighted by Crippen LogP contribution is 2.42. The lowest BCUT2D eigenvalue weighted by molar-refractivity contribution is -0.141. The van der Waals surface area contributed by atoms with E-state index in [2.05, 4.69) is 4.98 Å². The van der Waals surface area contributed by atoms with Crippen LogP contribution >= 0.6 is 11.8 Å². The first-order chi connectivity index (χ1) is 10.7. The highest BCUT2D eigenvalue weighted by Gasteiger charge is 2.42. The summed E-state index contributed by atoms with van der Waals surface area (Å²) in [5, 5.41) is 9.13. The molecule has 2 aromatic rings. The van der Waals surface area contributed by atoms with Gasteiger partial charge in [-0.05, 0) is 17.7 Å². The molecule has 0 aliphatic carbocycles. The number of carboxylic acid groups (broad SMARTS) is 1. The third-order valence-corrected chi connectivity index (χ3v) is 4.84. The standard InChI is InChI=1S/C16H14N2O3S/c19-14(12-7-4-8-17-9-12)18-13(16(20)21)10-22-15(18)11-5-2-1-3-6-11/h1-9,13,15H,10H2,(H,20,21). The predicted octanol–water partition coefficient (Wildman–Crippen LogP) is 2.42. The first-order valence-electron chi connectivity index (χ1n) is 6.80. The van der Waals surface area contributed by atoms with Gasteiger partial charge >= 0.3 is 5.97 Å². The van der Waals surface area contributed by atoms with Gasteiger partial charge < -0.3 is 10.0 Å². The van der Waals surface area contributed by atoms with Crippen LogP contribution in [0.25, 0.3) is 0 Å². The fourth-order valence-electron chi connectivity index (χ4n) is 2.46. The van der Waals surface area contributed by atoms with Gasteiger partial charge in [-0.25, -0.2) is 4.79 Å². The molecule has 6 heteroatoms. The Morgan fingerprint density at radius 3 is 2.59 bits per heavy atom. The number of hydrogen-bond acceptors (Lipinski definition) is 4. The van der Waals surface area contributed by atoms with Crippen molar-refractivity contribution in [1.82, 2.24) is 9.88 Å². The average molecular weight is 314 g/mol. The minimum atomic E-state index is -0.983. The highest BCUT2D eigenvalue weighted by molar-refractivity contribution is 7.99. The SMILES string of the molecule is O=C(O)C1CSC(c2ccccc2)N1C(=O)c1cccnc1. The van der Waals surface area contributed by atoms with E-state index in [9.17, 15) is 14.7 Å². The van der Waals surface area contributed by atoms with Gasteiger partial charge in [0.1, 0.15) is 11.4 Å². The summed E-state index contributed by atoms with van der Waals surface area (Å²) in [7, 11) is 0. The van der Waals surface area contributed by atoms with E-state index in [4.69, 9.17) is 0 Å². The number of aliphatic carboxylic acids is 1. The molecule has 1 aromatic carbocycles. The molecular formula is C16H14N2O3S. The van der Waals surface area contributed by atoms with Crippen molar-refractivity contribution in [2.75, 3.05) is 5.75 Å². The summed E-state index contributed by atoms with van der Waals surface area (Å²) < 4.78 is 0. The maximum absolute atomic E-state index is 12.8. The number of amides is 1. The molecule has 22 heavy (non-hydrogen) atoms. The predicted molar refractivity (Wildman–Crippen MR) is 83.5 cm³/mol. The van der Waals surface area contributed by atoms with Crippen LogP contribution in [-0.2, 0) is 4.79 Å². The van der Waals surface area contributed by atoms with Crippen molar-refractivity contribution >= 4 is 23.6 Å². The van der Waals surface area contributed by atoms with Gasteiger partial charge in [0.25, 0.3) is 5.91 Å². The lowest BCUT2D eigenvalue weighted by Gasteiger charge is -2.27. The molecule has 1 amide bonds. The summed E-state index contributed by atoms with van der Waals surface area (Å²) in [6.07, 6.45) is 3.05. The molecule has 0 saturated carbocycles. The van der Waals surface area contributed by atoms with Crippen molar-refractivity contribution in [3.8, 4) is 0 Å². The first kappa shape index (κ1) is 14.6. The fraction of sp³-hybridized carbons (Fsp3) is 0.188. The normalized spacial score (nSPS) is 20.8. The van der Waals surface area contributed by atoms with E-state index in [0.717, 1.165) is 5.56 Å². The number of carboxylic acids is 1. The second-order valence-corrected chi connectivity index (χ2v) is 6.02. The van der Waals surface area contributed by atoms with Crippen LogP contribution in [0.4, 0.5) is 0 Å². The van der Waals surface area contributed by atoms with Gasteiger partial charge in [-0.3, -0.25) is 9.78 Å². The van der Waals surface area contributed by atoms with Crippen molar-refractivity contribution in [3.05, 3.63) is 66.0 Å². The third kappa shape index (κ3) is 2.69.